The van der Waals surface area contributed by atoms with Crippen molar-refractivity contribution in [1.82, 2.24) is 0 Å². The van der Waals surface area contributed by atoms with Crippen LogP contribution in [-0.4, -0.2) is 5.91 Å². The number of carbonyl (C=O) groups excluding carboxylic acids is 1. The number of hydrogen-bond acceptors (Lipinski definition) is 1. The Morgan fingerprint density at radius 1 is 1.42 bits per heavy atom. The van der Waals surface area contributed by atoms with Gasteiger partial charge in [-0.2, -0.15) is 0 Å². The molecule has 2 heteroatoms. The van der Waals surface area contributed by atoms with E-state index < -0.39 is 0 Å². The number of amides is 1. The summed E-state index contributed by atoms with van der Waals surface area (Å²) in [7, 11) is 0. The van der Waals surface area contributed by atoms with Gasteiger partial charge in [0, 0.05) is 11.8 Å². The topological polar surface area (TPSA) is 29.1 Å². The second-order valence-corrected chi connectivity index (χ2v) is 2.29. The minimum atomic E-state index is -0.149. The molecule has 1 aromatic rings. The van der Waals surface area contributed by atoms with Gasteiger partial charge in [0.05, 0.1) is 0 Å². The molecule has 0 aliphatic carbocycles. The molecule has 0 aliphatic rings. The van der Waals surface area contributed by atoms with Gasteiger partial charge in [0.1, 0.15) is 0 Å². The van der Waals surface area contributed by atoms with E-state index in [9.17, 15) is 4.79 Å². The summed E-state index contributed by atoms with van der Waals surface area (Å²) in [5.41, 5.74) is 0.800. The summed E-state index contributed by atoms with van der Waals surface area (Å²) in [5.74, 6) is -0.149. The molecule has 0 saturated heterocycles. The summed E-state index contributed by atoms with van der Waals surface area (Å²) in [4.78, 5) is 11.0. The van der Waals surface area contributed by atoms with Crippen LogP contribution >= 0.6 is 0 Å². The largest absolute Gasteiger partial charge is 0.323 e. The Hall–Kier alpha value is -1.57. The van der Waals surface area contributed by atoms with E-state index in [4.69, 9.17) is 0 Å². The maximum Gasteiger partial charge on any atom is 0.248 e. The van der Waals surface area contributed by atoms with Crippen molar-refractivity contribution in [3.63, 3.8) is 0 Å². The predicted octanol–water partition coefficient (Wildman–Crippen LogP) is 2.00. The summed E-state index contributed by atoms with van der Waals surface area (Å²) in [6, 6.07) is 9.31. The first kappa shape index (κ1) is 8.53. The molecular weight excluding hydrogens is 150 g/mol. The molecule has 1 aromatic carbocycles. The van der Waals surface area contributed by atoms with E-state index in [2.05, 4.69) is 11.4 Å². The standard InChI is InChI=1S/C10H10NO/c1-2-6-10(12)11-9-7-4-3-5-8-9/h3-8H,1H3,(H,11,12). The zero-order valence-electron chi connectivity index (χ0n) is 6.87. The molecule has 0 heterocycles. The number of nitrogens with one attached hydrogen (secondary N) is 1. The van der Waals surface area contributed by atoms with Crippen LogP contribution in [0.15, 0.2) is 36.4 Å². The fraction of sp³-hybridized carbons (Fsp3) is 0.100. The lowest BCUT2D eigenvalue weighted by atomic mass is 10.3. The highest BCUT2D eigenvalue weighted by molar-refractivity contribution is 5.98. The van der Waals surface area contributed by atoms with E-state index in [1.165, 1.54) is 6.08 Å². The van der Waals surface area contributed by atoms with E-state index in [0.717, 1.165) is 5.69 Å². The van der Waals surface area contributed by atoms with Crippen LogP contribution in [0.4, 0.5) is 5.69 Å². The van der Waals surface area contributed by atoms with Crippen LogP contribution in [0.25, 0.3) is 0 Å². The van der Waals surface area contributed by atoms with E-state index in [1.54, 1.807) is 6.92 Å². The molecule has 1 radical (unpaired) electrons. The molecule has 12 heavy (non-hydrogen) atoms. The maximum atomic E-state index is 11.0. The summed E-state index contributed by atoms with van der Waals surface area (Å²) < 4.78 is 0. The van der Waals surface area contributed by atoms with Gasteiger partial charge < -0.3 is 5.32 Å². The molecule has 0 fully saturated rings. The van der Waals surface area contributed by atoms with E-state index in [1.807, 2.05) is 30.3 Å². The first-order valence-corrected chi connectivity index (χ1v) is 3.69. The molecule has 0 aromatic heterocycles. The zero-order chi connectivity index (χ0) is 8.81. The molecule has 1 rings (SSSR count). The summed E-state index contributed by atoms with van der Waals surface area (Å²) in [6.45, 7) is 1.69. The smallest absolute Gasteiger partial charge is 0.248 e. The van der Waals surface area contributed by atoms with Crippen LogP contribution in [0.3, 0.4) is 0 Å². The number of rotatable bonds is 2. The lowest BCUT2D eigenvalue weighted by molar-refractivity contribution is -0.111. The van der Waals surface area contributed by atoms with Crippen LogP contribution in [0, 0.1) is 6.08 Å². The average molecular weight is 160 g/mol. The second-order valence-electron chi connectivity index (χ2n) is 2.29. The third kappa shape index (κ3) is 2.58. The third-order valence-electron chi connectivity index (χ3n) is 1.32. The van der Waals surface area contributed by atoms with E-state index in [-0.39, 0.29) is 5.91 Å². The quantitative estimate of drug-likeness (QED) is 0.659. The fourth-order valence-corrected chi connectivity index (χ4v) is 0.831. The molecular formula is C10H10NO. The fourth-order valence-electron chi connectivity index (χ4n) is 0.831. The van der Waals surface area contributed by atoms with Crippen molar-refractivity contribution < 1.29 is 4.79 Å². The Balaban J connectivity index is 2.59. The maximum absolute atomic E-state index is 11.0. The first-order chi connectivity index (χ1) is 5.83. The highest BCUT2D eigenvalue weighted by Gasteiger charge is 1.93. The van der Waals surface area contributed by atoms with Crippen molar-refractivity contribution in [3.8, 4) is 0 Å². The number of benzene rings is 1. The second kappa shape index (κ2) is 4.34. The van der Waals surface area contributed by atoms with Gasteiger partial charge in [0.2, 0.25) is 5.91 Å². The SMILES string of the molecule is C/[C]=C\C(=O)Nc1ccccc1. The van der Waals surface area contributed by atoms with Crippen molar-refractivity contribution in [2.45, 2.75) is 6.92 Å². The van der Waals surface area contributed by atoms with E-state index in [0.29, 0.717) is 0 Å². The van der Waals surface area contributed by atoms with Crippen LogP contribution in [0.1, 0.15) is 6.92 Å². The van der Waals surface area contributed by atoms with Gasteiger partial charge in [-0.15, -0.1) is 0 Å². The van der Waals surface area contributed by atoms with Crippen molar-refractivity contribution in [3.05, 3.63) is 42.5 Å². The van der Waals surface area contributed by atoms with Gasteiger partial charge in [-0.05, 0) is 25.1 Å². The van der Waals surface area contributed by atoms with Gasteiger partial charge in [-0.3, -0.25) is 4.79 Å². The van der Waals surface area contributed by atoms with Crippen molar-refractivity contribution in [2.24, 2.45) is 0 Å². The lowest BCUT2D eigenvalue weighted by Gasteiger charge is -1.99. The summed E-state index contributed by atoms with van der Waals surface area (Å²) in [5, 5.41) is 2.69. The minimum absolute atomic E-state index is 0.149. The molecule has 0 saturated carbocycles. The molecule has 0 bridgehead atoms. The zero-order valence-corrected chi connectivity index (χ0v) is 6.87. The minimum Gasteiger partial charge on any atom is -0.323 e. The van der Waals surface area contributed by atoms with Crippen LogP contribution in [0.2, 0.25) is 0 Å². The number of para-hydroxylation sites is 1. The van der Waals surface area contributed by atoms with E-state index >= 15 is 0 Å². The van der Waals surface area contributed by atoms with Crippen molar-refractivity contribution in [2.75, 3.05) is 5.32 Å². The number of allylic oxidation sites excluding steroid dienone is 1. The Morgan fingerprint density at radius 2 is 2.08 bits per heavy atom. The van der Waals surface area contributed by atoms with Crippen LogP contribution < -0.4 is 5.32 Å². The monoisotopic (exact) mass is 160 g/mol. The van der Waals surface area contributed by atoms with Gasteiger partial charge in [0.15, 0.2) is 0 Å². The molecule has 0 unspecified atom stereocenters. The number of hydrogen-bond donors (Lipinski definition) is 1. The Kier molecular flexibility index (Phi) is 3.08. The van der Waals surface area contributed by atoms with Gasteiger partial charge in [-0.25, -0.2) is 0 Å². The number of anilines is 1. The van der Waals surface area contributed by atoms with Gasteiger partial charge in [-0.1, -0.05) is 18.2 Å². The van der Waals surface area contributed by atoms with Crippen molar-refractivity contribution in [1.29, 1.82) is 0 Å². The molecule has 0 spiro atoms. The predicted molar refractivity (Wildman–Crippen MR) is 48.6 cm³/mol. The lowest BCUT2D eigenvalue weighted by Crippen LogP contribution is -2.07. The number of carbonyl (C=O) groups is 1. The molecule has 1 amide bonds. The molecule has 0 atom stereocenters. The Labute approximate surface area is 71.9 Å². The van der Waals surface area contributed by atoms with Gasteiger partial charge >= 0.3 is 0 Å². The summed E-state index contributed by atoms with van der Waals surface area (Å²) >= 11 is 0. The molecule has 0 aliphatic heterocycles. The molecule has 61 valence electrons. The molecule has 2 nitrogen and oxygen atoms in total. The molecule has 1 N–H and O–H groups in total. The van der Waals surface area contributed by atoms with Crippen LogP contribution in [-0.2, 0) is 4.79 Å². The normalized spacial score (nSPS) is 10.1. The van der Waals surface area contributed by atoms with Crippen molar-refractivity contribution >= 4 is 11.6 Å². The Morgan fingerprint density at radius 3 is 2.67 bits per heavy atom. The highest BCUT2D eigenvalue weighted by Crippen LogP contribution is 2.04. The Bertz CT molecular complexity index is 277. The first-order valence-electron chi connectivity index (χ1n) is 3.69. The summed E-state index contributed by atoms with van der Waals surface area (Å²) in [6.07, 6.45) is 4.02. The third-order valence-corrected chi connectivity index (χ3v) is 1.32. The highest BCUT2D eigenvalue weighted by atomic mass is 16.1. The van der Waals surface area contributed by atoms with Gasteiger partial charge in [0.25, 0.3) is 0 Å². The average Bonchev–Trinajstić information content (AvgIpc) is 2.06. The van der Waals surface area contributed by atoms with Crippen LogP contribution in [0.5, 0.6) is 0 Å².